The lowest BCUT2D eigenvalue weighted by molar-refractivity contribution is 0.183. The number of hydrogen-bond acceptors (Lipinski definition) is 4. The van der Waals surface area contributed by atoms with E-state index in [1.54, 1.807) is 11.8 Å². The van der Waals surface area contributed by atoms with E-state index in [9.17, 15) is 0 Å². The molecule has 0 aliphatic heterocycles. The second-order valence-corrected chi connectivity index (χ2v) is 6.58. The van der Waals surface area contributed by atoms with Crippen LogP contribution in [0, 0.1) is 0 Å². The van der Waals surface area contributed by atoms with Crippen molar-refractivity contribution in [3.63, 3.8) is 0 Å². The highest BCUT2D eigenvalue weighted by Gasteiger charge is 2.19. The maximum absolute atomic E-state index is 9.05. The minimum atomic E-state index is 0.121. The quantitative estimate of drug-likeness (QED) is 0.215. The number of rotatable bonds is 5. The monoisotopic (exact) mass is 308 g/mol. The first-order valence-electron chi connectivity index (χ1n) is 7.66. The Hall–Kier alpha value is -1.36. The van der Waals surface area contributed by atoms with Crippen LogP contribution >= 0.6 is 11.8 Å². The molecule has 0 heterocycles. The van der Waals surface area contributed by atoms with Gasteiger partial charge in [-0.3, -0.25) is 0 Å². The van der Waals surface area contributed by atoms with Crippen LogP contribution in [-0.4, -0.2) is 22.9 Å². The van der Waals surface area contributed by atoms with E-state index in [-0.39, 0.29) is 11.9 Å². The zero-order valence-corrected chi connectivity index (χ0v) is 13.4. The number of hydrogen-bond donors (Lipinski definition) is 2. The maximum atomic E-state index is 9.05. The highest BCUT2D eigenvalue weighted by molar-refractivity contribution is 7.99. The largest absolute Gasteiger partial charge is 0.490 e. The van der Waals surface area contributed by atoms with E-state index < -0.39 is 0 Å². The van der Waals surface area contributed by atoms with Crippen LogP contribution in [0.1, 0.15) is 51.0 Å². The topological polar surface area (TPSA) is 67.8 Å². The summed E-state index contributed by atoms with van der Waals surface area (Å²) >= 11 is 1.67. The van der Waals surface area contributed by atoms with Gasteiger partial charge in [0.25, 0.3) is 0 Å². The van der Waals surface area contributed by atoms with Gasteiger partial charge in [0.1, 0.15) is 5.75 Å². The number of oxime groups is 1. The molecular weight excluding hydrogens is 284 g/mol. The van der Waals surface area contributed by atoms with E-state index in [0.717, 1.165) is 34.8 Å². The van der Waals surface area contributed by atoms with Crippen LogP contribution in [-0.2, 0) is 0 Å². The van der Waals surface area contributed by atoms with Gasteiger partial charge in [0.2, 0.25) is 0 Å². The van der Waals surface area contributed by atoms with E-state index >= 15 is 0 Å². The minimum Gasteiger partial charge on any atom is -0.490 e. The fourth-order valence-corrected chi connectivity index (χ4v) is 3.56. The van der Waals surface area contributed by atoms with E-state index in [1.807, 2.05) is 18.2 Å². The van der Waals surface area contributed by atoms with Gasteiger partial charge in [-0.2, -0.15) is 0 Å². The van der Waals surface area contributed by atoms with Gasteiger partial charge < -0.3 is 15.7 Å². The second kappa shape index (κ2) is 8.17. The highest BCUT2D eigenvalue weighted by Crippen LogP contribution is 2.32. The van der Waals surface area contributed by atoms with Gasteiger partial charge in [0.15, 0.2) is 5.84 Å². The normalized spacial score (nSPS) is 17.5. The number of benzene rings is 1. The SMILES string of the molecule is CCSc1cccc(OC2CCCCCC2)c1/C(N)=N/O. The first-order chi connectivity index (χ1) is 10.3. The summed E-state index contributed by atoms with van der Waals surface area (Å²) in [6.45, 7) is 2.08. The van der Waals surface area contributed by atoms with Crippen LogP contribution in [0.3, 0.4) is 0 Å². The van der Waals surface area contributed by atoms with Gasteiger partial charge in [-0.1, -0.05) is 31.0 Å². The average molecular weight is 308 g/mol. The van der Waals surface area contributed by atoms with Crippen LogP contribution in [0.5, 0.6) is 5.75 Å². The molecule has 0 spiro atoms. The Morgan fingerprint density at radius 1 is 1.33 bits per heavy atom. The predicted molar refractivity (Wildman–Crippen MR) is 87.5 cm³/mol. The Bertz CT molecular complexity index is 483. The lowest BCUT2D eigenvalue weighted by Crippen LogP contribution is -2.20. The summed E-state index contributed by atoms with van der Waals surface area (Å²) in [4.78, 5) is 0.999. The van der Waals surface area contributed by atoms with Crippen molar-refractivity contribution in [1.82, 2.24) is 0 Å². The first kappa shape index (κ1) is 16.0. The Morgan fingerprint density at radius 3 is 2.67 bits per heavy atom. The molecule has 1 aliphatic carbocycles. The van der Waals surface area contributed by atoms with Crippen molar-refractivity contribution in [2.24, 2.45) is 10.9 Å². The van der Waals surface area contributed by atoms with E-state index in [2.05, 4.69) is 12.1 Å². The molecule has 1 aromatic carbocycles. The molecule has 1 fully saturated rings. The molecule has 0 amide bonds. The fraction of sp³-hybridized carbons (Fsp3) is 0.562. The molecule has 1 aliphatic rings. The lowest BCUT2D eigenvalue weighted by Gasteiger charge is -2.20. The van der Waals surface area contributed by atoms with Crippen LogP contribution in [0.2, 0.25) is 0 Å². The van der Waals surface area contributed by atoms with Crippen molar-refractivity contribution in [2.45, 2.75) is 56.4 Å². The molecule has 4 nitrogen and oxygen atoms in total. The smallest absolute Gasteiger partial charge is 0.174 e. The van der Waals surface area contributed by atoms with Gasteiger partial charge in [-0.05, 0) is 43.6 Å². The Labute approximate surface area is 130 Å². The third kappa shape index (κ3) is 4.30. The maximum Gasteiger partial charge on any atom is 0.174 e. The Balaban J connectivity index is 2.26. The molecule has 0 saturated heterocycles. The summed E-state index contributed by atoms with van der Waals surface area (Å²) in [7, 11) is 0. The van der Waals surface area contributed by atoms with Gasteiger partial charge in [-0.25, -0.2) is 0 Å². The number of amidine groups is 1. The number of ether oxygens (including phenoxy) is 1. The van der Waals surface area contributed by atoms with E-state index in [4.69, 9.17) is 15.7 Å². The standard InChI is InChI=1S/C16H24N2O2S/c1-2-21-14-11-7-10-13(15(14)16(17)18-19)20-12-8-5-3-4-6-9-12/h7,10-12,19H,2-6,8-9H2,1H3,(H2,17,18). The summed E-state index contributed by atoms with van der Waals surface area (Å²) in [6.07, 6.45) is 7.42. The number of nitrogens with zero attached hydrogens (tertiary/aromatic N) is 1. The van der Waals surface area contributed by atoms with Crippen molar-refractivity contribution in [2.75, 3.05) is 5.75 Å². The Kier molecular flexibility index (Phi) is 6.23. The van der Waals surface area contributed by atoms with E-state index in [0.29, 0.717) is 0 Å². The van der Waals surface area contributed by atoms with Gasteiger partial charge in [-0.15, -0.1) is 11.8 Å². The molecular formula is C16H24N2O2S. The highest BCUT2D eigenvalue weighted by atomic mass is 32.2. The lowest BCUT2D eigenvalue weighted by atomic mass is 10.1. The molecule has 3 N–H and O–H groups in total. The third-order valence-electron chi connectivity index (χ3n) is 3.75. The Morgan fingerprint density at radius 2 is 2.05 bits per heavy atom. The molecule has 0 bridgehead atoms. The first-order valence-corrected chi connectivity index (χ1v) is 8.65. The molecule has 2 rings (SSSR count). The molecule has 5 heteroatoms. The van der Waals surface area contributed by atoms with Crippen molar-refractivity contribution in [3.8, 4) is 5.75 Å². The second-order valence-electron chi connectivity index (χ2n) is 5.28. The summed E-state index contributed by atoms with van der Waals surface area (Å²) in [5, 5.41) is 12.2. The molecule has 0 unspecified atom stereocenters. The fourth-order valence-electron chi connectivity index (χ4n) is 2.73. The minimum absolute atomic E-state index is 0.121. The molecule has 0 atom stereocenters. The van der Waals surface area contributed by atoms with Crippen LogP contribution in [0.4, 0.5) is 0 Å². The van der Waals surface area contributed by atoms with Crippen LogP contribution in [0.25, 0.3) is 0 Å². The summed E-state index contributed by atoms with van der Waals surface area (Å²) in [5.74, 6) is 1.78. The molecule has 21 heavy (non-hydrogen) atoms. The van der Waals surface area contributed by atoms with Gasteiger partial charge in [0.05, 0.1) is 11.7 Å². The van der Waals surface area contributed by atoms with Crippen LogP contribution < -0.4 is 10.5 Å². The zero-order chi connectivity index (χ0) is 15.1. The third-order valence-corrected chi connectivity index (χ3v) is 4.69. The van der Waals surface area contributed by atoms with Gasteiger partial charge in [0, 0.05) is 4.90 Å². The average Bonchev–Trinajstić information content (AvgIpc) is 2.76. The number of nitrogens with two attached hydrogens (primary N) is 1. The van der Waals surface area contributed by atoms with Crippen LogP contribution in [0.15, 0.2) is 28.3 Å². The molecule has 116 valence electrons. The predicted octanol–water partition coefficient (Wildman–Crippen LogP) is 3.99. The summed E-state index contributed by atoms with van der Waals surface area (Å²) in [5.41, 5.74) is 6.59. The summed E-state index contributed by atoms with van der Waals surface area (Å²) in [6, 6.07) is 5.87. The van der Waals surface area contributed by atoms with E-state index in [1.165, 1.54) is 25.7 Å². The molecule has 1 saturated carbocycles. The molecule has 0 aromatic heterocycles. The van der Waals surface area contributed by atoms with Gasteiger partial charge >= 0.3 is 0 Å². The zero-order valence-electron chi connectivity index (χ0n) is 12.5. The van der Waals surface area contributed by atoms with Crippen molar-refractivity contribution in [3.05, 3.63) is 23.8 Å². The summed E-state index contributed by atoms with van der Waals surface area (Å²) < 4.78 is 6.19. The molecule has 1 aromatic rings. The van der Waals surface area contributed by atoms with Crippen molar-refractivity contribution in [1.29, 1.82) is 0 Å². The van der Waals surface area contributed by atoms with Crippen molar-refractivity contribution >= 4 is 17.6 Å². The number of thioether (sulfide) groups is 1. The van der Waals surface area contributed by atoms with Crippen molar-refractivity contribution < 1.29 is 9.94 Å². The molecule has 0 radical (unpaired) electrons.